The molecule has 6 nitrogen and oxygen atoms in total. The maximum atomic E-state index is 12.8. The van der Waals surface area contributed by atoms with Crippen LogP contribution in [0.3, 0.4) is 0 Å². The number of furan rings is 1. The Morgan fingerprint density at radius 2 is 1.88 bits per heavy atom. The highest BCUT2D eigenvalue weighted by Gasteiger charge is 2.17. The summed E-state index contributed by atoms with van der Waals surface area (Å²) in [4.78, 5) is 13.1. The molecule has 0 saturated carbocycles. The van der Waals surface area contributed by atoms with E-state index in [0.717, 1.165) is 5.69 Å². The van der Waals surface area contributed by atoms with Crippen molar-refractivity contribution < 1.29 is 18.0 Å². The van der Waals surface area contributed by atoms with Crippen LogP contribution in [0.1, 0.15) is 11.3 Å². The Bertz CT molecular complexity index is 1370. The van der Waals surface area contributed by atoms with Gasteiger partial charge in [-0.25, -0.2) is 4.68 Å². The van der Waals surface area contributed by atoms with E-state index in [4.69, 9.17) is 4.42 Å². The first-order valence-corrected chi connectivity index (χ1v) is 11.0. The fraction of sp³-hybridized carbons (Fsp3) is 0.0800. The Balaban J connectivity index is 1.64. The minimum atomic E-state index is -2.53. The number of anilines is 1. The summed E-state index contributed by atoms with van der Waals surface area (Å²) in [5, 5.41) is 16.9. The van der Waals surface area contributed by atoms with E-state index >= 15 is 0 Å². The summed E-state index contributed by atoms with van der Waals surface area (Å²) >= 11 is 0.412. The summed E-state index contributed by atoms with van der Waals surface area (Å²) in [6, 6.07) is 20.9. The zero-order chi connectivity index (χ0) is 24.1. The molecule has 0 saturated heterocycles. The molecule has 0 spiro atoms. The van der Waals surface area contributed by atoms with Crippen LogP contribution in [0.15, 0.2) is 87.8 Å². The summed E-state index contributed by atoms with van der Waals surface area (Å²) in [7, 11) is 0. The normalized spacial score (nSPS) is 11.4. The average molecular weight is 477 g/mol. The van der Waals surface area contributed by atoms with E-state index in [1.807, 2.05) is 43.3 Å². The quantitative estimate of drug-likeness (QED) is 0.192. The zero-order valence-corrected chi connectivity index (χ0v) is 18.7. The van der Waals surface area contributed by atoms with Crippen LogP contribution in [0.2, 0.25) is 0 Å². The molecule has 0 atom stereocenters. The summed E-state index contributed by atoms with van der Waals surface area (Å²) < 4.78 is 32.4. The number of nitrogens with one attached hydrogen (secondary N) is 1. The first-order chi connectivity index (χ1) is 16.4. The molecule has 170 valence electrons. The van der Waals surface area contributed by atoms with Gasteiger partial charge < -0.3 is 9.73 Å². The van der Waals surface area contributed by atoms with Gasteiger partial charge in [-0.05, 0) is 61.5 Å². The van der Waals surface area contributed by atoms with Gasteiger partial charge in [0.15, 0.2) is 5.76 Å². The van der Waals surface area contributed by atoms with Crippen LogP contribution in [0.25, 0.3) is 23.2 Å². The molecule has 1 amide bonds. The highest BCUT2D eigenvalue weighted by atomic mass is 32.2. The molecule has 0 bridgehead atoms. The highest BCUT2D eigenvalue weighted by Crippen LogP contribution is 2.28. The number of para-hydroxylation sites is 1. The number of hydrogen-bond acceptors (Lipinski definition) is 5. The van der Waals surface area contributed by atoms with Gasteiger partial charge in [0.05, 0.1) is 5.69 Å². The van der Waals surface area contributed by atoms with Crippen LogP contribution in [0.5, 0.6) is 0 Å². The standard InChI is InChI=1S/C25H18F2N4O2S/c1-16-7-12-22(33-16)23-18(15-31(30-23)20-5-3-2-4-6-20)13-17(14-28)24(32)29-19-8-10-21(11-9-19)34-25(26)27/h2-13,15,25H,1H3,(H,29,32). The van der Waals surface area contributed by atoms with Gasteiger partial charge >= 0.3 is 0 Å². The average Bonchev–Trinajstić information content (AvgIpc) is 3.45. The zero-order valence-electron chi connectivity index (χ0n) is 17.9. The minimum Gasteiger partial charge on any atom is -0.460 e. The molecule has 0 radical (unpaired) electrons. The van der Waals surface area contributed by atoms with E-state index in [0.29, 0.717) is 45.1 Å². The monoisotopic (exact) mass is 476 g/mol. The molecule has 2 aromatic heterocycles. The molecule has 4 aromatic rings. The van der Waals surface area contributed by atoms with Crippen molar-refractivity contribution in [2.24, 2.45) is 0 Å². The maximum absolute atomic E-state index is 12.8. The van der Waals surface area contributed by atoms with Crippen molar-refractivity contribution in [3.05, 3.63) is 89.8 Å². The molecule has 2 aromatic carbocycles. The van der Waals surface area contributed by atoms with Gasteiger partial charge in [0.1, 0.15) is 23.1 Å². The number of benzene rings is 2. The fourth-order valence-corrected chi connectivity index (χ4v) is 3.68. The molecule has 2 heterocycles. The molecule has 0 aliphatic heterocycles. The summed E-state index contributed by atoms with van der Waals surface area (Å²) in [5.41, 5.74) is 2.03. The van der Waals surface area contributed by atoms with Gasteiger partial charge in [-0.3, -0.25) is 4.79 Å². The largest absolute Gasteiger partial charge is 0.460 e. The van der Waals surface area contributed by atoms with Crippen LogP contribution in [0.4, 0.5) is 14.5 Å². The number of alkyl halides is 2. The van der Waals surface area contributed by atoms with Crippen molar-refractivity contribution in [1.29, 1.82) is 5.26 Å². The smallest absolute Gasteiger partial charge is 0.288 e. The third-order valence-corrected chi connectivity index (χ3v) is 5.46. The predicted molar refractivity (Wildman–Crippen MR) is 127 cm³/mol. The number of nitriles is 1. The number of halogens is 2. The van der Waals surface area contributed by atoms with Crippen molar-refractivity contribution in [2.45, 2.75) is 17.6 Å². The number of amides is 1. The predicted octanol–water partition coefficient (Wildman–Crippen LogP) is 6.30. The Labute approximate surface area is 198 Å². The van der Waals surface area contributed by atoms with Gasteiger partial charge in [0, 0.05) is 22.3 Å². The third kappa shape index (κ3) is 5.42. The lowest BCUT2D eigenvalue weighted by Gasteiger charge is -2.06. The lowest BCUT2D eigenvalue weighted by molar-refractivity contribution is -0.112. The van der Waals surface area contributed by atoms with Crippen molar-refractivity contribution in [2.75, 3.05) is 5.32 Å². The van der Waals surface area contributed by atoms with Crippen molar-refractivity contribution >= 4 is 29.4 Å². The molecule has 34 heavy (non-hydrogen) atoms. The number of thioether (sulfide) groups is 1. The van der Waals surface area contributed by atoms with E-state index in [1.165, 1.54) is 30.3 Å². The molecule has 4 rings (SSSR count). The van der Waals surface area contributed by atoms with E-state index in [9.17, 15) is 18.8 Å². The second-order valence-electron chi connectivity index (χ2n) is 7.15. The maximum Gasteiger partial charge on any atom is 0.288 e. The van der Waals surface area contributed by atoms with Crippen molar-refractivity contribution in [1.82, 2.24) is 9.78 Å². The Morgan fingerprint density at radius 3 is 2.50 bits per heavy atom. The van der Waals surface area contributed by atoms with Crippen LogP contribution >= 0.6 is 11.8 Å². The molecular weight excluding hydrogens is 458 g/mol. The molecule has 1 N–H and O–H groups in total. The molecule has 9 heteroatoms. The highest BCUT2D eigenvalue weighted by molar-refractivity contribution is 7.99. The molecule has 0 aliphatic carbocycles. The molecular formula is C25H18F2N4O2S. The number of carbonyl (C=O) groups is 1. The number of rotatable bonds is 7. The van der Waals surface area contributed by atoms with E-state index in [1.54, 1.807) is 23.0 Å². The van der Waals surface area contributed by atoms with Crippen molar-refractivity contribution in [3.8, 4) is 23.2 Å². The summed E-state index contributed by atoms with van der Waals surface area (Å²) in [6.45, 7) is 1.81. The van der Waals surface area contributed by atoms with E-state index in [2.05, 4.69) is 10.4 Å². The van der Waals surface area contributed by atoms with Gasteiger partial charge in [-0.1, -0.05) is 30.0 Å². The number of nitrogens with zero attached hydrogens (tertiary/aromatic N) is 3. The third-order valence-electron chi connectivity index (χ3n) is 4.74. The molecule has 0 unspecified atom stereocenters. The van der Waals surface area contributed by atoms with Crippen LogP contribution in [0, 0.1) is 18.3 Å². The van der Waals surface area contributed by atoms with Crippen LogP contribution in [-0.4, -0.2) is 21.4 Å². The van der Waals surface area contributed by atoms with Crippen LogP contribution < -0.4 is 5.32 Å². The van der Waals surface area contributed by atoms with Gasteiger partial charge in [0.25, 0.3) is 11.7 Å². The summed E-state index contributed by atoms with van der Waals surface area (Å²) in [6.07, 6.45) is 3.15. The first-order valence-electron chi connectivity index (χ1n) is 10.1. The van der Waals surface area contributed by atoms with Gasteiger partial charge in [-0.15, -0.1) is 0 Å². The van der Waals surface area contributed by atoms with Crippen molar-refractivity contribution in [3.63, 3.8) is 0 Å². The first kappa shape index (κ1) is 23.0. The second-order valence-corrected chi connectivity index (χ2v) is 8.21. The SMILES string of the molecule is Cc1ccc(-c2nn(-c3ccccc3)cc2C=C(C#N)C(=O)Nc2ccc(SC(F)F)cc2)o1. The topological polar surface area (TPSA) is 83.8 Å². The van der Waals surface area contributed by atoms with E-state index < -0.39 is 11.7 Å². The Morgan fingerprint density at radius 1 is 1.15 bits per heavy atom. The van der Waals surface area contributed by atoms with Crippen LogP contribution in [-0.2, 0) is 4.79 Å². The Kier molecular flexibility index (Phi) is 6.90. The lowest BCUT2D eigenvalue weighted by Crippen LogP contribution is -2.13. The van der Waals surface area contributed by atoms with E-state index in [-0.39, 0.29) is 5.57 Å². The van der Waals surface area contributed by atoms with Gasteiger partial charge in [0.2, 0.25) is 0 Å². The number of carbonyl (C=O) groups excluding carboxylic acids is 1. The number of aryl methyl sites for hydroxylation is 1. The second kappa shape index (κ2) is 10.2. The Hall–Kier alpha value is -4.16. The lowest BCUT2D eigenvalue weighted by atomic mass is 10.1. The van der Waals surface area contributed by atoms with Gasteiger partial charge in [-0.2, -0.15) is 19.1 Å². The fourth-order valence-electron chi connectivity index (χ4n) is 3.18. The summed E-state index contributed by atoms with van der Waals surface area (Å²) in [5.74, 6) is -1.96. The minimum absolute atomic E-state index is 0.150. The number of hydrogen-bond donors (Lipinski definition) is 1. The molecule has 0 fully saturated rings. The number of aromatic nitrogens is 2. The molecule has 0 aliphatic rings.